The summed E-state index contributed by atoms with van der Waals surface area (Å²) in [4.78, 5) is 15.8. The first-order valence-corrected chi connectivity index (χ1v) is 10.5. The lowest BCUT2D eigenvalue weighted by Gasteiger charge is -2.31. The van der Waals surface area contributed by atoms with Crippen molar-refractivity contribution in [2.45, 2.75) is 11.4 Å². The summed E-state index contributed by atoms with van der Waals surface area (Å²) in [5, 5.41) is 0.638. The fourth-order valence-corrected chi connectivity index (χ4v) is 5.10. The van der Waals surface area contributed by atoms with Crippen LogP contribution in [-0.2, 0) is 16.6 Å². The van der Waals surface area contributed by atoms with Gasteiger partial charge in [-0.1, -0.05) is 30.3 Å². The Morgan fingerprint density at radius 2 is 1.81 bits per heavy atom. The zero-order valence-corrected chi connectivity index (χ0v) is 15.7. The average Bonchev–Trinajstić information content (AvgIpc) is 3.11. The Morgan fingerprint density at radius 3 is 2.52 bits per heavy atom. The SMILES string of the molecule is O=Cc1c[nH]c2ccc(S(=O)(=O)N3CC[NH+](Cc4ccccc4)CC3)cc12. The Balaban J connectivity index is 1.49. The molecule has 6 nitrogen and oxygen atoms in total. The predicted octanol–water partition coefficient (Wildman–Crippen LogP) is 1.07. The second kappa shape index (κ2) is 7.26. The molecule has 0 radical (unpaired) electrons. The number of aromatic nitrogens is 1. The molecular formula is C20H22N3O3S+. The number of piperazine rings is 1. The smallest absolute Gasteiger partial charge is 0.243 e. The van der Waals surface area contributed by atoms with E-state index in [0.717, 1.165) is 31.4 Å². The number of fused-ring (bicyclic) bond motifs is 1. The van der Waals surface area contributed by atoms with Gasteiger partial charge < -0.3 is 9.88 Å². The number of carbonyl (C=O) groups excluding carboxylic acids is 1. The monoisotopic (exact) mass is 384 g/mol. The summed E-state index contributed by atoms with van der Waals surface area (Å²) < 4.78 is 27.6. The number of nitrogens with zero attached hydrogens (tertiary/aromatic N) is 1. The van der Waals surface area contributed by atoms with Crippen LogP contribution in [0.3, 0.4) is 0 Å². The minimum atomic E-state index is -3.56. The van der Waals surface area contributed by atoms with Crippen molar-refractivity contribution >= 4 is 27.2 Å². The van der Waals surface area contributed by atoms with Gasteiger partial charge in [-0.25, -0.2) is 8.42 Å². The van der Waals surface area contributed by atoms with E-state index in [-0.39, 0.29) is 4.90 Å². The van der Waals surface area contributed by atoms with E-state index < -0.39 is 10.0 Å². The van der Waals surface area contributed by atoms with Crippen molar-refractivity contribution in [2.24, 2.45) is 0 Å². The number of nitrogens with one attached hydrogen (secondary N) is 2. The molecule has 27 heavy (non-hydrogen) atoms. The molecule has 1 aromatic heterocycles. The van der Waals surface area contributed by atoms with Crippen molar-refractivity contribution in [1.82, 2.24) is 9.29 Å². The average molecular weight is 384 g/mol. The highest BCUT2D eigenvalue weighted by Crippen LogP contribution is 2.23. The van der Waals surface area contributed by atoms with E-state index in [1.54, 1.807) is 28.7 Å². The van der Waals surface area contributed by atoms with Crippen molar-refractivity contribution in [2.75, 3.05) is 26.2 Å². The van der Waals surface area contributed by atoms with Gasteiger partial charge in [0.15, 0.2) is 6.29 Å². The van der Waals surface area contributed by atoms with Crippen LogP contribution >= 0.6 is 0 Å². The minimum Gasteiger partial charge on any atom is -0.360 e. The highest BCUT2D eigenvalue weighted by molar-refractivity contribution is 7.89. The van der Waals surface area contributed by atoms with Crippen LogP contribution < -0.4 is 4.90 Å². The third-order valence-electron chi connectivity index (χ3n) is 5.18. The van der Waals surface area contributed by atoms with Gasteiger partial charge in [-0.2, -0.15) is 4.31 Å². The Hall–Kier alpha value is -2.48. The zero-order valence-electron chi connectivity index (χ0n) is 14.9. The molecule has 140 valence electrons. The van der Waals surface area contributed by atoms with E-state index in [0.29, 0.717) is 24.0 Å². The number of carbonyl (C=O) groups is 1. The number of hydrogen-bond acceptors (Lipinski definition) is 3. The molecule has 0 atom stereocenters. The van der Waals surface area contributed by atoms with Gasteiger partial charge in [0, 0.05) is 28.2 Å². The Bertz CT molecular complexity index is 1050. The van der Waals surface area contributed by atoms with Crippen molar-refractivity contribution < 1.29 is 18.1 Å². The summed E-state index contributed by atoms with van der Waals surface area (Å²) in [5.41, 5.74) is 2.50. The molecule has 7 heteroatoms. The molecule has 2 N–H and O–H groups in total. The summed E-state index contributed by atoms with van der Waals surface area (Å²) in [5.74, 6) is 0. The van der Waals surface area contributed by atoms with Crippen LogP contribution in [0.4, 0.5) is 0 Å². The molecule has 1 aliphatic rings. The molecule has 2 aromatic carbocycles. The number of benzene rings is 2. The maximum Gasteiger partial charge on any atom is 0.243 e. The van der Waals surface area contributed by atoms with E-state index in [9.17, 15) is 13.2 Å². The van der Waals surface area contributed by atoms with Crippen molar-refractivity contribution in [3.05, 3.63) is 65.9 Å². The molecule has 3 aromatic rings. The lowest BCUT2D eigenvalue weighted by molar-refractivity contribution is -0.917. The van der Waals surface area contributed by atoms with E-state index in [1.165, 1.54) is 10.5 Å². The summed E-state index contributed by atoms with van der Waals surface area (Å²) in [7, 11) is -3.56. The topological polar surface area (TPSA) is 74.7 Å². The van der Waals surface area contributed by atoms with E-state index >= 15 is 0 Å². The molecule has 1 fully saturated rings. The summed E-state index contributed by atoms with van der Waals surface area (Å²) in [6, 6.07) is 15.2. The van der Waals surface area contributed by atoms with Crippen molar-refractivity contribution in [3.63, 3.8) is 0 Å². The van der Waals surface area contributed by atoms with Gasteiger partial charge in [-0.05, 0) is 18.2 Å². The fourth-order valence-electron chi connectivity index (χ4n) is 3.63. The molecule has 0 saturated carbocycles. The highest BCUT2D eigenvalue weighted by atomic mass is 32.2. The number of hydrogen-bond donors (Lipinski definition) is 2. The van der Waals surface area contributed by atoms with Crippen LogP contribution in [0.25, 0.3) is 10.9 Å². The second-order valence-electron chi connectivity index (χ2n) is 6.89. The van der Waals surface area contributed by atoms with Gasteiger partial charge in [-0.3, -0.25) is 4.79 Å². The number of rotatable bonds is 5. The van der Waals surface area contributed by atoms with Crippen LogP contribution in [-0.4, -0.2) is 50.2 Å². The first-order valence-electron chi connectivity index (χ1n) is 9.02. The first-order chi connectivity index (χ1) is 13.1. The minimum absolute atomic E-state index is 0.240. The Labute approximate surface area is 158 Å². The van der Waals surface area contributed by atoms with Gasteiger partial charge in [-0.15, -0.1) is 0 Å². The van der Waals surface area contributed by atoms with Crippen LogP contribution in [0.2, 0.25) is 0 Å². The number of H-pyrrole nitrogens is 1. The van der Waals surface area contributed by atoms with Gasteiger partial charge in [0.25, 0.3) is 0 Å². The standard InChI is InChI=1S/C20H21N3O3S/c24-15-17-13-21-20-7-6-18(12-19(17)20)27(25,26)23-10-8-22(9-11-23)14-16-4-2-1-3-5-16/h1-7,12-13,15,21H,8-11,14H2/p+1. The Morgan fingerprint density at radius 1 is 1.07 bits per heavy atom. The molecule has 1 aliphatic heterocycles. The quantitative estimate of drug-likeness (QED) is 0.646. The van der Waals surface area contributed by atoms with Crippen LogP contribution in [0.1, 0.15) is 15.9 Å². The lowest BCUT2D eigenvalue weighted by atomic mass is 10.2. The molecule has 2 heterocycles. The van der Waals surface area contributed by atoms with Crippen LogP contribution in [0, 0.1) is 0 Å². The number of aldehydes is 1. The largest absolute Gasteiger partial charge is 0.360 e. The third-order valence-corrected chi connectivity index (χ3v) is 7.07. The third kappa shape index (κ3) is 3.53. The molecule has 1 saturated heterocycles. The van der Waals surface area contributed by atoms with Crippen LogP contribution in [0.15, 0.2) is 59.6 Å². The number of sulfonamides is 1. The van der Waals surface area contributed by atoms with Gasteiger partial charge in [0.2, 0.25) is 10.0 Å². The molecule has 0 unspecified atom stereocenters. The maximum absolute atomic E-state index is 13.0. The molecular weight excluding hydrogens is 362 g/mol. The van der Waals surface area contributed by atoms with Crippen molar-refractivity contribution in [1.29, 1.82) is 0 Å². The lowest BCUT2D eigenvalue weighted by Crippen LogP contribution is -3.13. The van der Waals surface area contributed by atoms with Crippen LogP contribution in [0.5, 0.6) is 0 Å². The normalized spacial score (nSPS) is 16.6. The van der Waals surface area contributed by atoms with Gasteiger partial charge >= 0.3 is 0 Å². The molecule has 0 bridgehead atoms. The molecule has 0 amide bonds. The van der Waals surface area contributed by atoms with Crippen molar-refractivity contribution in [3.8, 4) is 0 Å². The molecule has 4 rings (SSSR count). The summed E-state index contributed by atoms with van der Waals surface area (Å²) >= 11 is 0. The summed E-state index contributed by atoms with van der Waals surface area (Å²) in [6.45, 7) is 3.46. The fraction of sp³-hybridized carbons (Fsp3) is 0.250. The summed E-state index contributed by atoms with van der Waals surface area (Å²) in [6.07, 6.45) is 2.33. The van der Waals surface area contributed by atoms with E-state index in [1.807, 2.05) is 18.2 Å². The number of quaternary nitrogens is 1. The highest BCUT2D eigenvalue weighted by Gasteiger charge is 2.30. The second-order valence-corrected chi connectivity index (χ2v) is 8.82. The number of aromatic amines is 1. The first kappa shape index (κ1) is 17.9. The Kier molecular flexibility index (Phi) is 4.82. The van der Waals surface area contributed by atoms with Gasteiger partial charge in [0.05, 0.1) is 31.1 Å². The van der Waals surface area contributed by atoms with E-state index in [2.05, 4.69) is 17.1 Å². The zero-order chi connectivity index (χ0) is 18.9. The maximum atomic E-state index is 13.0. The predicted molar refractivity (Wildman–Crippen MR) is 103 cm³/mol. The van der Waals surface area contributed by atoms with E-state index in [4.69, 9.17) is 0 Å². The molecule has 0 aliphatic carbocycles. The molecule has 0 spiro atoms. The van der Waals surface area contributed by atoms with Gasteiger partial charge in [0.1, 0.15) is 6.54 Å².